The molecule has 0 spiro atoms. The number of ether oxygens (including phenoxy) is 1. The molecule has 0 aromatic heterocycles. The van der Waals surface area contributed by atoms with Crippen molar-refractivity contribution in [1.29, 1.82) is 0 Å². The van der Waals surface area contributed by atoms with Gasteiger partial charge in [-0.1, -0.05) is 41.9 Å². The van der Waals surface area contributed by atoms with E-state index in [4.69, 9.17) is 22.2 Å². The van der Waals surface area contributed by atoms with Crippen LogP contribution in [0.5, 0.6) is 5.75 Å². The Bertz CT molecular complexity index is 586. The van der Waals surface area contributed by atoms with Crippen molar-refractivity contribution >= 4 is 11.6 Å². The Morgan fingerprint density at radius 3 is 2.65 bits per heavy atom. The lowest BCUT2D eigenvalue weighted by molar-refractivity contribution is 0.405. The van der Waals surface area contributed by atoms with Gasteiger partial charge in [0.15, 0.2) is 0 Å². The molecular formula is C16H19ClN2O. The van der Waals surface area contributed by atoms with Crippen molar-refractivity contribution in [3.05, 3.63) is 64.2 Å². The number of nitrogens with one attached hydrogen (secondary N) is 1. The van der Waals surface area contributed by atoms with Crippen molar-refractivity contribution in [2.75, 3.05) is 7.11 Å². The third-order valence-electron chi connectivity index (χ3n) is 3.50. The fourth-order valence-electron chi connectivity index (χ4n) is 2.35. The van der Waals surface area contributed by atoms with Crippen LogP contribution < -0.4 is 16.0 Å². The summed E-state index contributed by atoms with van der Waals surface area (Å²) in [5.41, 5.74) is 6.13. The molecule has 2 aromatic rings. The van der Waals surface area contributed by atoms with Crippen molar-refractivity contribution < 1.29 is 4.74 Å². The molecule has 0 aliphatic heterocycles. The molecule has 1 unspecified atom stereocenters. The van der Waals surface area contributed by atoms with E-state index in [0.717, 1.165) is 33.9 Å². The standard InChI is InChI=1S/C16H19ClN2O/c1-11-13(7-5-8-14(11)17)15(19-18)10-12-6-3-4-9-16(12)20-2/h3-9,15,19H,10,18H2,1-2H3. The van der Waals surface area contributed by atoms with Gasteiger partial charge in [0.05, 0.1) is 13.2 Å². The van der Waals surface area contributed by atoms with Gasteiger partial charge in [0.2, 0.25) is 0 Å². The van der Waals surface area contributed by atoms with Crippen molar-refractivity contribution in [2.24, 2.45) is 5.84 Å². The quantitative estimate of drug-likeness (QED) is 0.655. The van der Waals surface area contributed by atoms with Gasteiger partial charge in [-0.05, 0) is 42.2 Å². The van der Waals surface area contributed by atoms with Crippen molar-refractivity contribution in [2.45, 2.75) is 19.4 Å². The first-order valence-corrected chi connectivity index (χ1v) is 6.88. The monoisotopic (exact) mass is 290 g/mol. The van der Waals surface area contributed by atoms with Crippen LogP contribution in [-0.2, 0) is 6.42 Å². The fraction of sp³-hybridized carbons (Fsp3) is 0.250. The Balaban J connectivity index is 2.31. The molecule has 0 aliphatic rings. The molecule has 3 nitrogen and oxygen atoms in total. The second kappa shape index (κ2) is 6.75. The zero-order valence-electron chi connectivity index (χ0n) is 11.7. The molecule has 3 N–H and O–H groups in total. The molecule has 0 amide bonds. The predicted octanol–water partition coefficient (Wildman–Crippen LogP) is 3.40. The molecular weight excluding hydrogens is 272 g/mol. The van der Waals surface area contributed by atoms with Crippen LogP contribution >= 0.6 is 11.6 Å². The summed E-state index contributed by atoms with van der Waals surface area (Å²) >= 11 is 6.18. The fourth-order valence-corrected chi connectivity index (χ4v) is 2.53. The average molecular weight is 291 g/mol. The van der Waals surface area contributed by atoms with Gasteiger partial charge in [0.1, 0.15) is 5.75 Å². The van der Waals surface area contributed by atoms with Gasteiger partial charge in [0, 0.05) is 5.02 Å². The van der Waals surface area contributed by atoms with Gasteiger partial charge in [-0.25, -0.2) is 0 Å². The second-order valence-corrected chi connectivity index (χ2v) is 5.10. The number of halogens is 1. The molecule has 0 saturated heterocycles. The lowest BCUT2D eigenvalue weighted by atomic mass is 9.95. The van der Waals surface area contributed by atoms with E-state index in [1.54, 1.807) is 7.11 Å². The lowest BCUT2D eigenvalue weighted by Gasteiger charge is -2.20. The average Bonchev–Trinajstić information content (AvgIpc) is 2.48. The van der Waals surface area contributed by atoms with Crippen LogP contribution in [0, 0.1) is 6.92 Å². The number of methoxy groups -OCH3 is 1. The van der Waals surface area contributed by atoms with Gasteiger partial charge in [-0.3, -0.25) is 11.3 Å². The third-order valence-corrected chi connectivity index (χ3v) is 3.91. The summed E-state index contributed by atoms with van der Waals surface area (Å²) in [5, 5.41) is 0.753. The van der Waals surface area contributed by atoms with E-state index >= 15 is 0 Å². The Morgan fingerprint density at radius 2 is 1.95 bits per heavy atom. The number of hydrogen-bond donors (Lipinski definition) is 2. The molecule has 0 fully saturated rings. The molecule has 0 radical (unpaired) electrons. The molecule has 1 atom stereocenters. The summed E-state index contributed by atoms with van der Waals surface area (Å²) in [6.07, 6.45) is 0.738. The van der Waals surface area contributed by atoms with Gasteiger partial charge >= 0.3 is 0 Å². The van der Waals surface area contributed by atoms with Crippen LogP contribution in [0.25, 0.3) is 0 Å². The van der Waals surface area contributed by atoms with E-state index in [9.17, 15) is 0 Å². The van der Waals surface area contributed by atoms with E-state index in [1.165, 1.54) is 0 Å². The largest absolute Gasteiger partial charge is 0.496 e. The van der Waals surface area contributed by atoms with E-state index in [1.807, 2.05) is 49.4 Å². The van der Waals surface area contributed by atoms with Gasteiger partial charge < -0.3 is 4.74 Å². The van der Waals surface area contributed by atoms with Crippen LogP contribution in [0.3, 0.4) is 0 Å². The first-order chi connectivity index (χ1) is 9.67. The predicted molar refractivity (Wildman–Crippen MR) is 83.0 cm³/mol. The van der Waals surface area contributed by atoms with Gasteiger partial charge in [0.25, 0.3) is 0 Å². The molecule has 0 bridgehead atoms. The number of benzene rings is 2. The number of hydrazine groups is 1. The molecule has 20 heavy (non-hydrogen) atoms. The summed E-state index contributed by atoms with van der Waals surface area (Å²) in [6.45, 7) is 2.00. The molecule has 0 saturated carbocycles. The maximum Gasteiger partial charge on any atom is 0.122 e. The maximum atomic E-state index is 6.18. The minimum atomic E-state index is -0.00926. The first-order valence-electron chi connectivity index (χ1n) is 6.50. The first kappa shape index (κ1) is 14.9. The van der Waals surface area contributed by atoms with Crippen LogP contribution in [0.2, 0.25) is 5.02 Å². The van der Waals surface area contributed by atoms with E-state index in [-0.39, 0.29) is 6.04 Å². The summed E-state index contributed by atoms with van der Waals surface area (Å²) < 4.78 is 5.39. The Hall–Kier alpha value is -1.55. The zero-order chi connectivity index (χ0) is 14.5. The molecule has 2 rings (SSSR count). The van der Waals surface area contributed by atoms with Crippen LogP contribution in [0.4, 0.5) is 0 Å². The van der Waals surface area contributed by atoms with Crippen LogP contribution in [-0.4, -0.2) is 7.11 Å². The minimum Gasteiger partial charge on any atom is -0.496 e. The minimum absolute atomic E-state index is 0.00926. The summed E-state index contributed by atoms with van der Waals surface area (Å²) in [5.74, 6) is 6.60. The smallest absolute Gasteiger partial charge is 0.122 e. The van der Waals surface area contributed by atoms with Crippen molar-refractivity contribution in [1.82, 2.24) is 5.43 Å². The lowest BCUT2D eigenvalue weighted by Crippen LogP contribution is -2.30. The molecule has 2 aromatic carbocycles. The highest BCUT2D eigenvalue weighted by molar-refractivity contribution is 6.31. The van der Waals surface area contributed by atoms with E-state index < -0.39 is 0 Å². The second-order valence-electron chi connectivity index (χ2n) is 4.69. The Labute approximate surface area is 124 Å². The number of para-hydroxylation sites is 1. The molecule has 106 valence electrons. The Morgan fingerprint density at radius 1 is 1.20 bits per heavy atom. The number of rotatable bonds is 5. The SMILES string of the molecule is COc1ccccc1CC(NN)c1cccc(Cl)c1C. The topological polar surface area (TPSA) is 47.3 Å². The zero-order valence-corrected chi connectivity index (χ0v) is 12.4. The van der Waals surface area contributed by atoms with Crippen LogP contribution in [0.1, 0.15) is 22.7 Å². The van der Waals surface area contributed by atoms with Gasteiger partial charge in [-0.15, -0.1) is 0 Å². The maximum absolute atomic E-state index is 6.18. The molecule has 0 aliphatic carbocycles. The highest BCUT2D eigenvalue weighted by atomic mass is 35.5. The van der Waals surface area contributed by atoms with Crippen molar-refractivity contribution in [3.8, 4) is 5.75 Å². The van der Waals surface area contributed by atoms with E-state index in [0.29, 0.717) is 0 Å². The summed E-state index contributed by atoms with van der Waals surface area (Å²) in [6, 6.07) is 13.8. The van der Waals surface area contributed by atoms with E-state index in [2.05, 4.69) is 5.43 Å². The normalized spacial score (nSPS) is 12.2. The highest BCUT2D eigenvalue weighted by Gasteiger charge is 2.16. The highest BCUT2D eigenvalue weighted by Crippen LogP contribution is 2.28. The molecule has 4 heteroatoms. The molecule has 0 heterocycles. The summed E-state index contributed by atoms with van der Waals surface area (Å²) in [4.78, 5) is 0. The third kappa shape index (κ3) is 3.12. The Kier molecular flexibility index (Phi) is 5.01. The van der Waals surface area contributed by atoms with Crippen molar-refractivity contribution in [3.63, 3.8) is 0 Å². The number of hydrogen-bond acceptors (Lipinski definition) is 3. The summed E-state index contributed by atoms with van der Waals surface area (Å²) in [7, 11) is 1.67. The van der Waals surface area contributed by atoms with Gasteiger partial charge in [-0.2, -0.15) is 0 Å². The van der Waals surface area contributed by atoms with Crippen LogP contribution in [0.15, 0.2) is 42.5 Å². The number of nitrogens with two attached hydrogens (primary N) is 1.